The molecule has 0 amide bonds. The van der Waals surface area contributed by atoms with Crippen LogP contribution in [0.1, 0.15) is 12.7 Å². The van der Waals surface area contributed by atoms with Gasteiger partial charge in [-0.2, -0.15) is 0 Å². The lowest BCUT2D eigenvalue weighted by Crippen LogP contribution is -2.15. The number of aromatic nitrogens is 2. The van der Waals surface area contributed by atoms with Crippen LogP contribution in [0.2, 0.25) is 0 Å². The maximum absolute atomic E-state index is 11.7. The second-order valence-corrected chi connectivity index (χ2v) is 7.80. The van der Waals surface area contributed by atoms with Crippen molar-refractivity contribution in [2.45, 2.75) is 24.1 Å². The van der Waals surface area contributed by atoms with E-state index in [1.54, 1.807) is 22.7 Å². The number of esters is 1. The summed E-state index contributed by atoms with van der Waals surface area (Å²) < 4.78 is 4.81. The van der Waals surface area contributed by atoms with E-state index in [0.717, 1.165) is 20.8 Å². The largest absolute Gasteiger partial charge is 0.468 e. The van der Waals surface area contributed by atoms with Crippen LogP contribution in [0.3, 0.4) is 0 Å². The zero-order valence-corrected chi connectivity index (χ0v) is 14.8. The van der Waals surface area contributed by atoms with Crippen molar-refractivity contribution < 1.29 is 9.53 Å². The van der Waals surface area contributed by atoms with Gasteiger partial charge in [0.25, 0.3) is 0 Å². The van der Waals surface area contributed by atoms with Crippen LogP contribution in [-0.4, -0.2) is 28.3 Å². The zero-order chi connectivity index (χ0) is 15.7. The molecule has 0 spiro atoms. The van der Waals surface area contributed by atoms with Crippen LogP contribution in [0.5, 0.6) is 0 Å². The average Bonchev–Trinajstić information content (AvgIpc) is 3.14. The van der Waals surface area contributed by atoms with E-state index in [-0.39, 0.29) is 11.2 Å². The molecule has 0 aliphatic heterocycles. The Labute approximate surface area is 140 Å². The molecule has 3 rings (SSSR count). The molecule has 7 heteroatoms. The van der Waals surface area contributed by atoms with Crippen LogP contribution in [-0.2, 0) is 9.53 Å². The number of hydrogen-bond donors (Lipinski definition) is 0. The number of fused-ring (bicyclic) bond motifs is 1. The lowest BCUT2D eigenvalue weighted by atomic mass is 10.2. The van der Waals surface area contributed by atoms with Gasteiger partial charge in [0.05, 0.1) is 12.5 Å². The molecule has 0 bridgehead atoms. The van der Waals surface area contributed by atoms with Crippen molar-refractivity contribution in [3.05, 3.63) is 28.7 Å². The first kappa shape index (κ1) is 15.5. The highest BCUT2D eigenvalue weighted by atomic mass is 32.2. The molecule has 0 radical (unpaired) electrons. The number of thiophene rings is 2. The lowest BCUT2D eigenvalue weighted by molar-refractivity contribution is -0.139. The highest BCUT2D eigenvalue weighted by Crippen LogP contribution is 2.40. The molecule has 3 aromatic heterocycles. The summed E-state index contributed by atoms with van der Waals surface area (Å²) in [6, 6.07) is 4.12. The third-order valence-electron chi connectivity index (χ3n) is 3.12. The Hall–Kier alpha value is -1.44. The minimum Gasteiger partial charge on any atom is -0.468 e. The van der Waals surface area contributed by atoms with Crippen molar-refractivity contribution in [1.29, 1.82) is 0 Å². The predicted octanol–water partition coefficient (Wildman–Crippen LogP) is 4.38. The van der Waals surface area contributed by atoms with Gasteiger partial charge in [-0.25, -0.2) is 9.97 Å². The van der Waals surface area contributed by atoms with Crippen LogP contribution in [0.25, 0.3) is 20.7 Å². The van der Waals surface area contributed by atoms with Crippen molar-refractivity contribution in [2.24, 2.45) is 0 Å². The molecular formula is C15H14N2O2S3. The fraction of sp³-hybridized carbons (Fsp3) is 0.267. The Kier molecular flexibility index (Phi) is 4.46. The quantitative estimate of drug-likeness (QED) is 0.397. The SMILES string of the molecule is COC(=O)C(C)Sc1nc(C)nc2scc(-c3cccs3)c12. The Balaban J connectivity index is 2.12. The standard InChI is InChI=1S/C15H14N2O2S3/c1-8(15(18)19-3)22-14-12-10(11-5-4-6-20-11)7-21-13(12)16-9(2)17-14/h4-8H,1-3H3. The van der Waals surface area contributed by atoms with Crippen molar-refractivity contribution >= 4 is 50.6 Å². The van der Waals surface area contributed by atoms with Gasteiger partial charge in [-0.3, -0.25) is 4.79 Å². The first-order chi connectivity index (χ1) is 10.6. The van der Waals surface area contributed by atoms with Crippen molar-refractivity contribution in [3.63, 3.8) is 0 Å². The summed E-state index contributed by atoms with van der Waals surface area (Å²) in [4.78, 5) is 22.9. The molecule has 0 saturated heterocycles. The van der Waals surface area contributed by atoms with Crippen LogP contribution in [0.4, 0.5) is 0 Å². The summed E-state index contributed by atoms with van der Waals surface area (Å²) in [6.45, 7) is 3.70. The van der Waals surface area contributed by atoms with Gasteiger partial charge in [-0.15, -0.1) is 22.7 Å². The average molecular weight is 350 g/mol. The fourth-order valence-electron chi connectivity index (χ4n) is 2.09. The first-order valence-corrected chi connectivity index (χ1v) is 9.28. The third kappa shape index (κ3) is 2.88. The summed E-state index contributed by atoms with van der Waals surface area (Å²) in [5.74, 6) is 0.467. The minimum atomic E-state index is -0.307. The number of ether oxygens (including phenoxy) is 1. The number of aryl methyl sites for hydroxylation is 1. The highest BCUT2D eigenvalue weighted by Gasteiger charge is 2.21. The number of methoxy groups -OCH3 is 1. The maximum Gasteiger partial charge on any atom is 0.318 e. The molecule has 0 saturated carbocycles. The van der Waals surface area contributed by atoms with E-state index < -0.39 is 0 Å². The van der Waals surface area contributed by atoms with Crippen molar-refractivity contribution in [1.82, 2.24) is 9.97 Å². The Morgan fingerprint density at radius 3 is 2.86 bits per heavy atom. The number of thioether (sulfide) groups is 1. The second kappa shape index (κ2) is 6.36. The Bertz CT molecular complexity index is 812. The van der Waals surface area contributed by atoms with Gasteiger partial charge in [0, 0.05) is 15.8 Å². The maximum atomic E-state index is 11.7. The number of rotatable bonds is 4. The van der Waals surface area contributed by atoms with E-state index in [4.69, 9.17) is 4.74 Å². The molecule has 0 aliphatic carbocycles. The number of carbonyl (C=O) groups excluding carboxylic acids is 1. The summed E-state index contributed by atoms with van der Waals surface area (Å²) in [5, 5.41) is 5.72. The van der Waals surface area contributed by atoms with E-state index in [1.165, 1.54) is 23.7 Å². The molecule has 0 aromatic carbocycles. The van der Waals surface area contributed by atoms with Crippen LogP contribution >= 0.6 is 34.4 Å². The van der Waals surface area contributed by atoms with Gasteiger partial charge in [0.2, 0.25) is 0 Å². The molecule has 1 unspecified atom stereocenters. The molecule has 1 atom stereocenters. The Morgan fingerprint density at radius 1 is 1.36 bits per heavy atom. The van der Waals surface area contributed by atoms with E-state index in [1.807, 2.05) is 19.9 Å². The molecule has 0 aliphatic rings. The number of hydrogen-bond acceptors (Lipinski definition) is 7. The smallest absolute Gasteiger partial charge is 0.318 e. The third-order valence-corrected chi connectivity index (χ3v) is 5.96. The van der Waals surface area contributed by atoms with Crippen molar-refractivity contribution in [2.75, 3.05) is 7.11 Å². The van der Waals surface area contributed by atoms with Gasteiger partial charge in [0.15, 0.2) is 0 Å². The molecule has 0 N–H and O–H groups in total. The summed E-state index contributed by atoms with van der Waals surface area (Å²) >= 11 is 4.72. The first-order valence-electron chi connectivity index (χ1n) is 6.64. The topological polar surface area (TPSA) is 52.1 Å². The lowest BCUT2D eigenvalue weighted by Gasteiger charge is -2.10. The van der Waals surface area contributed by atoms with Crippen LogP contribution in [0.15, 0.2) is 27.9 Å². The highest BCUT2D eigenvalue weighted by molar-refractivity contribution is 8.00. The van der Waals surface area contributed by atoms with E-state index in [9.17, 15) is 4.79 Å². The van der Waals surface area contributed by atoms with Gasteiger partial charge < -0.3 is 4.74 Å². The molecule has 114 valence electrons. The van der Waals surface area contributed by atoms with Gasteiger partial charge in [0.1, 0.15) is 20.9 Å². The molecule has 22 heavy (non-hydrogen) atoms. The monoisotopic (exact) mass is 350 g/mol. The van der Waals surface area contributed by atoms with Gasteiger partial charge in [-0.1, -0.05) is 17.8 Å². The zero-order valence-electron chi connectivity index (χ0n) is 12.3. The van der Waals surface area contributed by atoms with Crippen LogP contribution in [0, 0.1) is 6.92 Å². The number of nitrogens with zero attached hydrogens (tertiary/aromatic N) is 2. The van der Waals surface area contributed by atoms with E-state index in [2.05, 4.69) is 26.8 Å². The van der Waals surface area contributed by atoms with E-state index in [0.29, 0.717) is 5.82 Å². The normalized spacial score (nSPS) is 12.5. The molecule has 3 aromatic rings. The molecular weight excluding hydrogens is 336 g/mol. The number of carbonyl (C=O) groups is 1. The van der Waals surface area contributed by atoms with Crippen LogP contribution < -0.4 is 0 Å². The minimum absolute atomic E-state index is 0.248. The molecule has 0 fully saturated rings. The summed E-state index contributed by atoms with van der Waals surface area (Å²) in [6.07, 6.45) is 0. The van der Waals surface area contributed by atoms with Gasteiger partial charge in [-0.05, 0) is 25.3 Å². The molecule has 3 heterocycles. The summed E-state index contributed by atoms with van der Waals surface area (Å²) in [7, 11) is 1.40. The predicted molar refractivity (Wildman–Crippen MR) is 92.8 cm³/mol. The van der Waals surface area contributed by atoms with Gasteiger partial charge >= 0.3 is 5.97 Å². The summed E-state index contributed by atoms with van der Waals surface area (Å²) in [5.41, 5.74) is 1.13. The van der Waals surface area contributed by atoms with Crippen molar-refractivity contribution in [3.8, 4) is 10.4 Å². The molecule has 4 nitrogen and oxygen atoms in total. The fourth-order valence-corrected chi connectivity index (χ4v) is 5.00. The Morgan fingerprint density at radius 2 is 2.18 bits per heavy atom. The van der Waals surface area contributed by atoms with E-state index >= 15 is 0 Å². The second-order valence-electron chi connectivity index (χ2n) is 4.67.